The SMILES string of the molecule is N#Cc1[nH]nc(N=Nc2ccc(N)c3cc[nH]c23)c1C#N. The molecule has 0 bridgehead atoms. The number of anilines is 1. The number of azo groups is 1. The number of rotatable bonds is 2. The maximum Gasteiger partial charge on any atom is 0.214 e. The maximum absolute atomic E-state index is 9.01. The van der Waals surface area contributed by atoms with Crippen molar-refractivity contribution in [3.05, 3.63) is 35.7 Å². The van der Waals surface area contributed by atoms with Crippen molar-refractivity contribution in [2.24, 2.45) is 10.2 Å². The first-order valence-electron chi connectivity index (χ1n) is 5.90. The van der Waals surface area contributed by atoms with Crippen molar-refractivity contribution in [1.29, 1.82) is 10.5 Å². The molecule has 1 aromatic carbocycles. The predicted octanol–water partition coefficient (Wildman–Crippen LogP) is 2.63. The number of nitrogens with one attached hydrogen (secondary N) is 2. The molecule has 0 amide bonds. The van der Waals surface area contributed by atoms with E-state index in [1.807, 2.05) is 18.2 Å². The molecule has 3 aromatic rings. The Morgan fingerprint density at radius 1 is 1.14 bits per heavy atom. The average molecular weight is 276 g/mol. The van der Waals surface area contributed by atoms with Gasteiger partial charge in [0.2, 0.25) is 5.82 Å². The first-order chi connectivity index (χ1) is 10.2. The summed E-state index contributed by atoms with van der Waals surface area (Å²) in [5, 5.41) is 32.9. The number of aromatic nitrogens is 3. The zero-order valence-electron chi connectivity index (χ0n) is 10.6. The number of benzene rings is 1. The molecular weight excluding hydrogens is 268 g/mol. The zero-order chi connectivity index (χ0) is 14.8. The Morgan fingerprint density at radius 3 is 2.76 bits per heavy atom. The van der Waals surface area contributed by atoms with Crippen LogP contribution < -0.4 is 5.73 Å². The van der Waals surface area contributed by atoms with Crippen molar-refractivity contribution in [3.63, 3.8) is 0 Å². The molecule has 0 radical (unpaired) electrons. The summed E-state index contributed by atoms with van der Waals surface area (Å²) in [6.45, 7) is 0. The molecule has 0 unspecified atom stereocenters. The molecule has 0 aliphatic carbocycles. The number of nitrogens with zero attached hydrogens (tertiary/aromatic N) is 5. The van der Waals surface area contributed by atoms with E-state index in [1.54, 1.807) is 18.3 Å². The second-order valence-electron chi connectivity index (χ2n) is 4.16. The number of hydrogen-bond donors (Lipinski definition) is 3. The van der Waals surface area contributed by atoms with Crippen molar-refractivity contribution >= 4 is 28.1 Å². The van der Waals surface area contributed by atoms with Gasteiger partial charge in [0.1, 0.15) is 23.4 Å². The highest BCUT2D eigenvalue weighted by molar-refractivity contribution is 5.97. The normalized spacial score (nSPS) is 10.8. The lowest BCUT2D eigenvalue weighted by molar-refractivity contribution is 1.04. The Morgan fingerprint density at radius 2 is 2.00 bits per heavy atom. The van der Waals surface area contributed by atoms with Crippen molar-refractivity contribution in [3.8, 4) is 12.1 Å². The summed E-state index contributed by atoms with van der Waals surface area (Å²) in [6, 6.07) is 8.98. The third kappa shape index (κ3) is 1.97. The molecule has 0 fully saturated rings. The molecule has 0 saturated carbocycles. The van der Waals surface area contributed by atoms with Crippen LogP contribution in [0, 0.1) is 22.7 Å². The van der Waals surface area contributed by atoms with Gasteiger partial charge in [-0.25, -0.2) is 0 Å². The molecule has 0 atom stereocenters. The quantitative estimate of drug-likeness (QED) is 0.488. The summed E-state index contributed by atoms with van der Waals surface area (Å²) in [6.07, 6.45) is 1.75. The fourth-order valence-corrected chi connectivity index (χ4v) is 1.94. The molecule has 2 heterocycles. The van der Waals surface area contributed by atoms with E-state index < -0.39 is 0 Å². The van der Waals surface area contributed by atoms with Gasteiger partial charge in [0.15, 0.2) is 5.69 Å². The van der Waals surface area contributed by atoms with Crippen LogP contribution in [0.1, 0.15) is 11.3 Å². The molecular formula is C13H8N8. The number of aromatic amines is 2. The van der Waals surface area contributed by atoms with E-state index in [2.05, 4.69) is 25.4 Å². The summed E-state index contributed by atoms with van der Waals surface area (Å²) < 4.78 is 0. The molecule has 0 aliphatic rings. The van der Waals surface area contributed by atoms with E-state index in [4.69, 9.17) is 16.3 Å². The smallest absolute Gasteiger partial charge is 0.214 e. The third-order valence-corrected chi connectivity index (χ3v) is 2.96. The fraction of sp³-hybridized carbons (Fsp3) is 0. The molecule has 0 spiro atoms. The molecule has 100 valence electrons. The van der Waals surface area contributed by atoms with Crippen LogP contribution in [-0.2, 0) is 0 Å². The van der Waals surface area contributed by atoms with Crippen LogP contribution in [0.5, 0.6) is 0 Å². The van der Waals surface area contributed by atoms with Gasteiger partial charge in [0.05, 0.1) is 5.52 Å². The highest BCUT2D eigenvalue weighted by Gasteiger charge is 2.12. The second kappa shape index (κ2) is 4.79. The monoisotopic (exact) mass is 276 g/mol. The lowest BCUT2D eigenvalue weighted by Gasteiger charge is -1.98. The van der Waals surface area contributed by atoms with E-state index in [0.717, 1.165) is 10.9 Å². The lowest BCUT2D eigenvalue weighted by Crippen LogP contribution is -1.84. The third-order valence-electron chi connectivity index (χ3n) is 2.96. The number of fused-ring (bicyclic) bond motifs is 1. The Hall–Kier alpha value is -3.65. The minimum atomic E-state index is 0.0637. The highest BCUT2D eigenvalue weighted by Crippen LogP contribution is 2.30. The van der Waals surface area contributed by atoms with Gasteiger partial charge in [-0.2, -0.15) is 15.6 Å². The van der Waals surface area contributed by atoms with Gasteiger partial charge >= 0.3 is 0 Å². The summed E-state index contributed by atoms with van der Waals surface area (Å²) in [4.78, 5) is 3.03. The first-order valence-corrected chi connectivity index (χ1v) is 5.90. The molecule has 0 aliphatic heterocycles. The van der Waals surface area contributed by atoms with Gasteiger partial charge in [-0.3, -0.25) is 5.10 Å². The number of nitriles is 2. The number of H-pyrrole nitrogens is 2. The van der Waals surface area contributed by atoms with Crippen LogP contribution in [0.4, 0.5) is 17.2 Å². The van der Waals surface area contributed by atoms with Crippen LogP contribution in [0.25, 0.3) is 10.9 Å². The molecule has 2 aromatic heterocycles. The summed E-state index contributed by atoms with van der Waals surface area (Å²) in [5.41, 5.74) is 7.93. The lowest BCUT2D eigenvalue weighted by atomic mass is 10.2. The van der Waals surface area contributed by atoms with Gasteiger partial charge in [-0.05, 0) is 18.2 Å². The zero-order valence-corrected chi connectivity index (χ0v) is 10.6. The van der Waals surface area contributed by atoms with Crippen LogP contribution in [0.15, 0.2) is 34.6 Å². The van der Waals surface area contributed by atoms with Gasteiger partial charge in [-0.15, -0.1) is 10.2 Å². The second-order valence-corrected chi connectivity index (χ2v) is 4.16. The molecule has 3 rings (SSSR count). The molecule has 4 N–H and O–H groups in total. The van der Waals surface area contributed by atoms with E-state index in [9.17, 15) is 0 Å². The van der Waals surface area contributed by atoms with Crippen molar-refractivity contribution in [2.45, 2.75) is 0 Å². The summed E-state index contributed by atoms with van der Waals surface area (Å²) >= 11 is 0. The van der Waals surface area contributed by atoms with Gasteiger partial charge in [0, 0.05) is 17.3 Å². The molecule has 0 saturated heterocycles. The summed E-state index contributed by atoms with van der Waals surface area (Å²) in [5.74, 6) is 0.0746. The van der Waals surface area contributed by atoms with Crippen molar-refractivity contribution in [2.75, 3.05) is 5.73 Å². The van der Waals surface area contributed by atoms with Gasteiger partial charge in [-0.1, -0.05) is 0 Å². The Bertz CT molecular complexity index is 931. The minimum absolute atomic E-state index is 0.0637. The molecule has 8 nitrogen and oxygen atoms in total. The Balaban J connectivity index is 2.05. The fourth-order valence-electron chi connectivity index (χ4n) is 1.94. The largest absolute Gasteiger partial charge is 0.398 e. The first kappa shape index (κ1) is 12.4. The van der Waals surface area contributed by atoms with Crippen LogP contribution in [0.3, 0.4) is 0 Å². The average Bonchev–Trinajstić information content (AvgIpc) is 3.13. The molecule has 21 heavy (non-hydrogen) atoms. The Kier molecular flexibility index (Phi) is 2.83. The van der Waals surface area contributed by atoms with E-state index in [-0.39, 0.29) is 17.1 Å². The van der Waals surface area contributed by atoms with Crippen LogP contribution in [-0.4, -0.2) is 15.2 Å². The number of nitrogen functional groups attached to an aromatic ring is 1. The number of hydrogen-bond acceptors (Lipinski definition) is 6. The van der Waals surface area contributed by atoms with Crippen molar-refractivity contribution in [1.82, 2.24) is 15.2 Å². The van der Waals surface area contributed by atoms with Gasteiger partial charge in [0.25, 0.3) is 0 Å². The van der Waals surface area contributed by atoms with E-state index in [1.165, 1.54) is 0 Å². The van der Waals surface area contributed by atoms with Crippen molar-refractivity contribution < 1.29 is 0 Å². The highest BCUT2D eigenvalue weighted by atomic mass is 15.2. The standard InChI is InChI=1S/C13H8N8/c14-5-8-11(6-15)19-21-13(8)20-18-10-2-1-9(16)7-3-4-17-12(7)10/h1-4,17H,16H2,(H,19,21). The van der Waals surface area contributed by atoms with Crippen LogP contribution in [0.2, 0.25) is 0 Å². The Labute approximate surface area is 118 Å². The van der Waals surface area contributed by atoms with Gasteiger partial charge < -0.3 is 10.7 Å². The summed E-state index contributed by atoms with van der Waals surface area (Å²) in [7, 11) is 0. The predicted molar refractivity (Wildman–Crippen MR) is 74.9 cm³/mol. The van der Waals surface area contributed by atoms with Crippen LogP contribution >= 0.6 is 0 Å². The molecule has 8 heteroatoms. The number of nitrogens with two attached hydrogens (primary N) is 1. The minimum Gasteiger partial charge on any atom is -0.398 e. The van der Waals surface area contributed by atoms with E-state index >= 15 is 0 Å². The topological polar surface area (TPSA) is 143 Å². The maximum atomic E-state index is 9.01. The van der Waals surface area contributed by atoms with E-state index in [0.29, 0.717) is 11.4 Å².